The van der Waals surface area contributed by atoms with E-state index >= 15 is 0 Å². The standard InChI is InChI=1S/C13H10N4S/c1-2-5-10(6-3-1)12-16-17-13(18-12)15-11-7-4-8-14-9-11/h1-9H,(H,15,17). The van der Waals surface area contributed by atoms with Gasteiger partial charge in [0.25, 0.3) is 0 Å². The maximum atomic E-state index is 4.17. The summed E-state index contributed by atoms with van der Waals surface area (Å²) in [7, 11) is 0. The molecule has 18 heavy (non-hydrogen) atoms. The van der Waals surface area contributed by atoms with Crippen LogP contribution in [0.15, 0.2) is 54.9 Å². The Labute approximate surface area is 108 Å². The Hall–Kier alpha value is -2.27. The Bertz CT molecular complexity index is 622. The van der Waals surface area contributed by atoms with Gasteiger partial charge in [0.15, 0.2) is 0 Å². The molecule has 0 saturated carbocycles. The third kappa shape index (κ3) is 2.36. The van der Waals surface area contributed by atoms with Crippen LogP contribution >= 0.6 is 11.3 Å². The molecule has 0 radical (unpaired) electrons. The van der Waals surface area contributed by atoms with Crippen LogP contribution in [-0.4, -0.2) is 15.2 Å². The molecule has 0 bridgehead atoms. The fourth-order valence-corrected chi connectivity index (χ4v) is 2.30. The molecule has 0 amide bonds. The van der Waals surface area contributed by atoms with Gasteiger partial charge in [0.1, 0.15) is 5.01 Å². The van der Waals surface area contributed by atoms with E-state index in [1.807, 2.05) is 42.5 Å². The summed E-state index contributed by atoms with van der Waals surface area (Å²) in [6.07, 6.45) is 3.49. The van der Waals surface area contributed by atoms with E-state index in [2.05, 4.69) is 20.5 Å². The second kappa shape index (κ2) is 4.93. The van der Waals surface area contributed by atoms with Crippen LogP contribution in [0.4, 0.5) is 10.8 Å². The zero-order valence-corrected chi connectivity index (χ0v) is 10.3. The highest BCUT2D eigenvalue weighted by molar-refractivity contribution is 7.18. The molecule has 0 saturated heterocycles. The summed E-state index contributed by atoms with van der Waals surface area (Å²) >= 11 is 1.52. The lowest BCUT2D eigenvalue weighted by Crippen LogP contribution is -1.89. The van der Waals surface area contributed by atoms with E-state index in [-0.39, 0.29) is 0 Å². The smallest absolute Gasteiger partial charge is 0.210 e. The summed E-state index contributed by atoms with van der Waals surface area (Å²) in [6.45, 7) is 0. The van der Waals surface area contributed by atoms with Crippen molar-refractivity contribution in [2.75, 3.05) is 5.32 Å². The van der Waals surface area contributed by atoms with Gasteiger partial charge in [-0.15, -0.1) is 10.2 Å². The molecule has 0 fully saturated rings. The molecule has 3 aromatic rings. The van der Waals surface area contributed by atoms with Crippen LogP contribution in [0.3, 0.4) is 0 Å². The lowest BCUT2D eigenvalue weighted by molar-refractivity contribution is 1.10. The quantitative estimate of drug-likeness (QED) is 0.778. The first kappa shape index (κ1) is 10.9. The summed E-state index contributed by atoms with van der Waals surface area (Å²) in [6, 6.07) is 13.8. The molecular formula is C13H10N4S. The number of aromatic nitrogens is 3. The van der Waals surface area contributed by atoms with E-state index in [9.17, 15) is 0 Å². The number of nitrogens with one attached hydrogen (secondary N) is 1. The van der Waals surface area contributed by atoms with Crippen molar-refractivity contribution in [2.24, 2.45) is 0 Å². The Morgan fingerprint density at radius 1 is 0.944 bits per heavy atom. The maximum Gasteiger partial charge on any atom is 0.210 e. The average molecular weight is 254 g/mol. The van der Waals surface area contributed by atoms with Crippen molar-refractivity contribution in [3.8, 4) is 10.6 Å². The van der Waals surface area contributed by atoms with Gasteiger partial charge in [-0.2, -0.15) is 0 Å². The third-order valence-corrected chi connectivity index (χ3v) is 3.25. The SMILES string of the molecule is c1ccc(-c2nnc(Nc3cccnc3)s2)cc1. The molecule has 4 nitrogen and oxygen atoms in total. The largest absolute Gasteiger partial charge is 0.329 e. The molecule has 88 valence electrons. The Morgan fingerprint density at radius 2 is 1.83 bits per heavy atom. The van der Waals surface area contributed by atoms with Gasteiger partial charge in [0.2, 0.25) is 5.13 Å². The average Bonchev–Trinajstić information content (AvgIpc) is 2.89. The first-order chi connectivity index (χ1) is 8.92. The molecular weight excluding hydrogens is 244 g/mol. The van der Waals surface area contributed by atoms with Crippen LogP contribution in [0.2, 0.25) is 0 Å². The highest BCUT2D eigenvalue weighted by Crippen LogP contribution is 2.27. The van der Waals surface area contributed by atoms with Crippen molar-refractivity contribution in [1.82, 2.24) is 15.2 Å². The summed E-state index contributed by atoms with van der Waals surface area (Å²) in [5.74, 6) is 0. The van der Waals surface area contributed by atoms with E-state index < -0.39 is 0 Å². The van der Waals surface area contributed by atoms with Crippen molar-refractivity contribution in [3.05, 3.63) is 54.9 Å². The predicted molar refractivity (Wildman–Crippen MR) is 72.9 cm³/mol. The summed E-state index contributed by atoms with van der Waals surface area (Å²) in [5.41, 5.74) is 1.99. The zero-order valence-electron chi connectivity index (χ0n) is 9.45. The Morgan fingerprint density at radius 3 is 2.61 bits per heavy atom. The molecule has 2 heterocycles. The summed E-state index contributed by atoms with van der Waals surface area (Å²) < 4.78 is 0. The van der Waals surface area contributed by atoms with Crippen LogP contribution in [0.5, 0.6) is 0 Å². The number of nitrogens with zero attached hydrogens (tertiary/aromatic N) is 3. The number of anilines is 2. The zero-order chi connectivity index (χ0) is 12.2. The third-order valence-electron chi connectivity index (χ3n) is 2.36. The minimum absolute atomic E-state index is 0.766. The van der Waals surface area contributed by atoms with Crippen molar-refractivity contribution in [1.29, 1.82) is 0 Å². The normalized spacial score (nSPS) is 10.2. The van der Waals surface area contributed by atoms with E-state index in [0.717, 1.165) is 21.4 Å². The fraction of sp³-hybridized carbons (Fsp3) is 0. The molecule has 5 heteroatoms. The molecule has 3 rings (SSSR count). The summed E-state index contributed by atoms with van der Waals surface area (Å²) in [4.78, 5) is 4.04. The number of benzene rings is 1. The predicted octanol–water partition coefficient (Wildman–Crippen LogP) is 3.34. The molecule has 0 unspecified atom stereocenters. The van der Waals surface area contributed by atoms with Gasteiger partial charge in [-0.25, -0.2) is 0 Å². The van der Waals surface area contributed by atoms with Crippen molar-refractivity contribution in [2.45, 2.75) is 0 Å². The van der Waals surface area contributed by atoms with Gasteiger partial charge in [-0.05, 0) is 12.1 Å². The van der Waals surface area contributed by atoms with Gasteiger partial charge in [0, 0.05) is 11.8 Å². The van der Waals surface area contributed by atoms with E-state index in [1.54, 1.807) is 12.4 Å². The summed E-state index contributed by atoms with van der Waals surface area (Å²) in [5, 5.41) is 13.1. The van der Waals surface area contributed by atoms with Gasteiger partial charge in [-0.1, -0.05) is 41.7 Å². The second-order valence-electron chi connectivity index (χ2n) is 3.65. The second-order valence-corrected chi connectivity index (χ2v) is 4.62. The van der Waals surface area contributed by atoms with Crippen molar-refractivity contribution < 1.29 is 0 Å². The van der Waals surface area contributed by atoms with Crippen LogP contribution in [0.1, 0.15) is 0 Å². The highest BCUT2D eigenvalue weighted by atomic mass is 32.1. The molecule has 0 aliphatic carbocycles. The molecule has 2 aromatic heterocycles. The molecule has 0 aliphatic heterocycles. The number of hydrogen-bond donors (Lipinski definition) is 1. The van der Waals surface area contributed by atoms with Crippen LogP contribution in [0, 0.1) is 0 Å². The van der Waals surface area contributed by atoms with Gasteiger partial charge >= 0.3 is 0 Å². The molecule has 0 aliphatic rings. The first-order valence-electron chi connectivity index (χ1n) is 5.48. The number of pyridine rings is 1. The van der Waals surface area contributed by atoms with Crippen LogP contribution < -0.4 is 5.32 Å². The van der Waals surface area contributed by atoms with Gasteiger partial charge < -0.3 is 5.32 Å². The highest BCUT2D eigenvalue weighted by Gasteiger charge is 2.05. The number of hydrogen-bond acceptors (Lipinski definition) is 5. The van der Waals surface area contributed by atoms with Crippen LogP contribution in [0.25, 0.3) is 10.6 Å². The first-order valence-corrected chi connectivity index (χ1v) is 6.29. The molecule has 0 atom stereocenters. The lowest BCUT2D eigenvalue weighted by Gasteiger charge is -1.98. The number of rotatable bonds is 3. The minimum atomic E-state index is 0.766. The fourth-order valence-electron chi connectivity index (χ4n) is 1.53. The van der Waals surface area contributed by atoms with E-state index in [4.69, 9.17) is 0 Å². The lowest BCUT2D eigenvalue weighted by atomic mass is 10.2. The molecule has 1 aromatic carbocycles. The van der Waals surface area contributed by atoms with Gasteiger partial charge in [-0.3, -0.25) is 4.98 Å². The van der Waals surface area contributed by atoms with E-state index in [0.29, 0.717) is 0 Å². The Kier molecular flexibility index (Phi) is 2.97. The minimum Gasteiger partial charge on any atom is -0.329 e. The van der Waals surface area contributed by atoms with Crippen molar-refractivity contribution >= 4 is 22.2 Å². The monoisotopic (exact) mass is 254 g/mol. The van der Waals surface area contributed by atoms with Gasteiger partial charge in [0.05, 0.1) is 11.9 Å². The molecule has 1 N–H and O–H groups in total. The van der Waals surface area contributed by atoms with Crippen LogP contribution in [-0.2, 0) is 0 Å². The maximum absolute atomic E-state index is 4.17. The Balaban J connectivity index is 1.82. The van der Waals surface area contributed by atoms with E-state index in [1.165, 1.54) is 11.3 Å². The van der Waals surface area contributed by atoms with Crippen molar-refractivity contribution in [3.63, 3.8) is 0 Å². The topological polar surface area (TPSA) is 50.7 Å². The molecule has 0 spiro atoms.